The minimum Gasteiger partial charge on any atom is -0.474 e. The molecule has 0 N–H and O–H groups in total. The number of aryl methyl sites for hydroxylation is 1. The second-order valence-corrected chi connectivity index (χ2v) is 8.80. The number of benzene rings is 1. The van der Waals surface area contributed by atoms with Gasteiger partial charge in [-0.05, 0) is 37.8 Å². The molecule has 5 rings (SSSR count). The van der Waals surface area contributed by atoms with Crippen molar-refractivity contribution in [3.63, 3.8) is 0 Å². The summed E-state index contributed by atoms with van der Waals surface area (Å²) in [7, 11) is 0. The Bertz CT molecular complexity index is 1100. The number of carbonyl (C=O) groups excluding carboxylic acids is 1. The van der Waals surface area contributed by atoms with Crippen LogP contribution in [0.25, 0.3) is 11.0 Å². The van der Waals surface area contributed by atoms with Gasteiger partial charge in [0.05, 0.1) is 5.39 Å². The summed E-state index contributed by atoms with van der Waals surface area (Å²) in [6.07, 6.45) is 4.80. The van der Waals surface area contributed by atoms with Gasteiger partial charge in [-0.1, -0.05) is 30.3 Å². The first-order valence-corrected chi connectivity index (χ1v) is 11.5. The van der Waals surface area contributed by atoms with Crippen molar-refractivity contribution in [3.05, 3.63) is 53.5 Å². The van der Waals surface area contributed by atoms with Gasteiger partial charge >= 0.3 is 0 Å². The predicted octanol–water partition coefficient (Wildman–Crippen LogP) is 3.65. The number of hydrogen-bond donors (Lipinski definition) is 0. The number of likely N-dealkylation sites (tertiary alicyclic amines) is 1. The molecule has 1 aromatic carbocycles. The Morgan fingerprint density at radius 1 is 1.12 bits per heavy atom. The average Bonchev–Trinajstić information content (AvgIpc) is 3.44. The third kappa shape index (κ3) is 3.97. The van der Waals surface area contributed by atoms with Crippen LogP contribution < -0.4 is 4.74 Å². The molecule has 1 atom stereocenters. The van der Waals surface area contributed by atoms with Gasteiger partial charge in [-0.25, -0.2) is 9.97 Å². The largest absolute Gasteiger partial charge is 0.474 e. The molecule has 2 saturated heterocycles. The van der Waals surface area contributed by atoms with Crippen LogP contribution >= 0.6 is 0 Å². The van der Waals surface area contributed by atoms with Crippen LogP contribution in [0.2, 0.25) is 0 Å². The highest BCUT2D eigenvalue weighted by Gasteiger charge is 2.32. The summed E-state index contributed by atoms with van der Waals surface area (Å²) in [6.45, 7) is 7.09. The van der Waals surface area contributed by atoms with Gasteiger partial charge in [0.25, 0.3) is 5.91 Å². The lowest BCUT2D eigenvalue weighted by atomic mass is 10.1. The molecule has 0 spiro atoms. The molecule has 4 heterocycles. The maximum atomic E-state index is 12.6. The maximum Gasteiger partial charge on any atom is 0.251 e. The fourth-order valence-electron chi connectivity index (χ4n) is 4.81. The molecule has 7 nitrogen and oxygen atoms in total. The number of ether oxygens (including phenoxy) is 2. The van der Waals surface area contributed by atoms with E-state index in [1.54, 1.807) is 6.33 Å². The summed E-state index contributed by atoms with van der Waals surface area (Å²) in [5.41, 5.74) is 4.46. The zero-order chi connectivity index (χ0) is 22.1. The molecule has 168 valence electrons. The van der Waals surface area contributed by atoms with E-state index >= 15 is 0 Å². The van der Waals surface area contributed by atoms with Crippen molar-refractivity contribution in [1.82, 2.24) is 19.4 Å². The van der Waals surface area contributed by atoms with Gasteiger partial charge in [0.2, 0.25) is 5.88 Å². The van der Waals surface area contributed by atoms with Gasteiger partial charge in [-0.2, -0.15) is 0 Å². The maximum absolute atomic E-state index is 12.6. The van der Waals surface area contributed by atoms with Crippen molar-refractivity contribution in [2.75, 3.05) is 19.7 Å². The van der Waals surface area contributed by atoms with E-state index in [-0.39, 0.29) is 18.1 Å². The van der Waals surface area contributed by atoms with E-state index in [9.17, 15) is 4.79 Å². The molecule has 2 fully saturated rings. The first-order chi connectivity index (χ1) is 15.6. The Hall–Kier alpha value is -2.93. The fourth-order valence-corrected chi connectivity index (χ4v) is 4.81. The number of fused-ring (bicyclic) bond motifs is 1. The Labute approximate surface area is 188 Å². The van der Waals surface area contributed by atoms with Gasteiger partial charge in [0.1, 0.15) is 24.2 Å². The Balaban J connectivity index is 1.32. The average molecular weight is 435 g/mol. The van der Waals surface area contributed by atoms with Crippen LogP contribution in [0.4, 0.5) is 0 Å². The van der Waals surface area contributed by atoms with Gasteiger partial charge < -0.3 is 18.9 Å². The van der Waals surface area contributed by atoms with E-state index in [1.165, 1.54) is 11.3 Å². The monoisotopic (exact) mass is 434 g/mol. The van der Waals surface area contributed by atoms with Crippen molar-refractivity contribution in [2.24, 2.45) is 0 Å². The van der Waals surface area contributed by atoms with Crippen molar-refractivity contribution in [3.8, 4) is 5.88 Å². The zero-order valence-electron chi connectivity index (χ0n) is 18.8. The van der Waals surface area contributed by atoms with E-state index in [0.29, 0.717) is 25.6 Å². The number of aromatic nitrogens is 3. The SMILES string of the molecule is Cc1c(C)n(Cc2ccccc2)c2ncnc(OC3CCN(C(=O)[C@@H]4CCCO4)CC3)c12. The molecule has 7 heteroatoms. The second-order valence-electron chi connectivity index (χ2n) is 8.80. The number of amides is 1. The molecule has 0 aliphatic carbocycles. The second kappa shape index (κ2) is 8.90. The van der Waals surface area contributed by atoms with Crippen LogP contribution in [0.1, 0.15) is 42.5 Å². The summed E-state index contributed by atoms with van der Waals surface area (Å²) in [4.78, 5) is 23.6. The standard InChI is InChI=1S/C25H30N4O3/c1-17-18(2)29(15-19-7-4-3-5-8-19)23-22(17)24(27-16-26-23)32-20-10-12-28(13-11-20)25(30)21-9-6-14-31-21/h3-5,7-8,16,20-21H,6,9-15H2,1-2H3/t21-/m0/s1. The molecule has 2 aromatic heterocycles. The summed E-state index contributed by atoms with van der Waals surface area (Å²) < 4.78 is 14.2. The molecule has 1 amide bonds. The van der Waals surface area contributed by atoms with E-state index in [1.807, 2.05) is 11.0 Å². The number of carbonyl (C=O) groups is 1. The molecular formula is C25H30N4O3. The van der Waals surface area contributed by atoms with Crippen molar-refractivity contribution in [2.45, 2.75) is 58.3 Å². The molecule has 2 aliphatic heterocycles. The third-order valence-electron chi connectivity index (χ3n) is 6.79. The van der Waals surface area contributed by atoms with Gasteiger partial charge in [0, 0.05) is 44.8 Å². The van der Waals surface area contributed by atoms with Crippen LogP contribution in [0.15, 0.2) is 36.7 Å². The highest BCUT2D eigenvalue weighted by Crippen LogP contribution is 2.32. The fraction of sp³-hybridized carbons (Fsp3) is 0.480. The molecule has 0 saturated carbocycles. The number of piperidine rings is 1. The van der Waals surface area contributed by atoms with E-state index in [0.717, 1.165) is 48.8 Å². The molecule has 3 aromatic rings. The topological polar surface area (TPSA) is 69.5 Å². The molecule has 0 radical (unpaired) electrons. The first-order valence-electron chi connectivity index (χ1n) is 11.5. The number of rotatable bonds is 5. The van der Waals surface area contributed by atoms with E-state index in [4.69, 9.17) is 9.47 Å². The molecule has 32 heavy (non-hydrogen) atoms. The third-order valence-corrected chi connectivity index (χ3v) is 6.79. The highest BCUT2D eigenvalue weighted by atomic mass is 16.5. The van der Waals surface area contributed by atoms with Gasteiger partial charge in [-0.15, -0.1) is 0 Å². The highest BCUT2D eigenvalue weighted by molar-refractivity contribution is 5.86. The van der Waals surface area contributed by atoms with Crippen molar-refractivity contribution < 1.29 is 14.3 Å². The van der Waals surface area contributed by atoms with Crippen LogP contribution in [0.3, 0.4) is 0 Å². The van der Waals surface area contributed by atoms with Gasteiger partial charge in [0.15, 0.2) is 0 Å². The van der Waals surface area contributed by atoms with E-state index < -0.39 is 0 Å². The van der Waals surface area contributed by atoms with Crippen LogP contribution in [0, 0.1) is 13.8 Å². The van der Waals surface area contributed by atoms with Crippen molar-refractivity contribution >= 4 is 16.9 Å². The summed E-state index contributed by atoms with van der Waals surface area (Å²) >= 11 is 0. The lowest BCUT2D eigenvalue weighted by Gasteiger charge is -2.33. The first kappa shape index (κ1) is 20.9. The molecular weight excluding hydrogens is 404 g/mol. The Morgan fingerprint density at radius 2 is 1.91 bits per heavy atom. The van der Waals surface area contributed by atoms with Crippen LogP contribution in [-0.4, -0.2) is 57.2 Å². The summed E-state index contributed by atoms with van der Waals surface area (Å²) in [5.74, 6) is 0.779. The smallest absolute Gasteiger partial charge is 0.251 e. The molecule has 2 aliphatic rings. The Kier molecular flexibility index (Phi) is 5.83. The van der Waals surface area contributed by atoms with E-state index in [2.05, 4.69) is 52.6 Å². The molecule has 0 unspecified atom stereocenters. The summed E-state index contributed by atoms with van der Waals surface area (Å²) in [6, 6.07) is 10.4. The molecule has 0 bridgehead atoms. The zero-order valence-corrected chi connectivity index (χ0v) is 18.8. The lowest BCUT2D eigenvalue weighted by Crippen LogP contribution is -2.45. The minimum atomic E-state index is -0.246. The Morgan fingerprint density at radius 3 is 2.62 bits per heavy atom. The lowest BCUT2D eigenvalue weighted by molar-refractivity contribution is -0.142. The quantitative estimate of drug-likeness (QED) is 0.613. The van der Waals surface area contributed by atoms with Gasteiger partial charge in [-0.3, -0.25) is 4.79 Å². The van der Waals surface area contributed by atoms with Crippen LogP contribution in [-0.2, 0) is 16.1 Å². The predicted molar refractivity (Wildman–Crippen MR) is 122 cm³/mol. The number of nitrogens with zero attached hydrogens (tertiary/aromatic N) is 4. The minimum absolute atomic E-state index is 0.0406. The summed E-state index contributed by atoms with van der Waals surface area (Å²) in [5, 5.41) is 0.985. The van der Waals surface area contributed by atoms with Crippen LogP contribution in [0.5, 0.6) is 5.88 Å². The normalized spacial score (nSPS) is 19.6. The number of hydrogen-bond acceptors (Lipinski definition) is 5. The van der Waals surface area contributed by atoms with Crippen molar-refractivity contribution in [1.29, 1.82) is 0 Å².